The molecule has 0 radical (unpaired) electrons. The first-order valence-corrected chi connectivity index (χ1v) is 8.05. The summed E-state index contributed by atoms with van der Waals surface area (Å²) in [6.45, 7) is 4.33. The molecule has 2 atom stereocenters. The van der Waals surface area contributed by atoms with Crippen LogP contribution in [0.2, 0.25) is 0 Å². The molecule has 2 heterocycles. The Labute approximate surface area is 120 Å². The Bertz CT molecular complexity index is 439. The van der Waals surface area contributed by atoms with Crippen molar-refractivity contribution < 1.29 is 4.52 Å². The van der Waals surface area contributed by atoms with Gasteiger partial charge in [-0.3, -0.25) is 0 Å². The van der Waals surface area contributed by atoms with Gasteiger partial charge >= 0.3 is 0 Å². The zero-order chi connectivity index (χ0) is 14.0. The fourth-order valence-electron chi connectivity index (χ4n) is 3.60. The molecule has 1 aliphatic heterocycles. The highest BCUT2D eigenvalue weighted by Gasteiger charge is 2.38. The second-order valence-corrected chi connectivity index (χ2v) is 6.66. The van der Waals surface area contributed by atoms with Gasteiger partial charge in [0, 0.05) is 13.1 Å². The van der Waals surface area contributed by atoms with E-state index in [0.717, 1.165) is 38.3 Å². The van der Waals surface area contributed by atoms with Crippen LogP contribution in [0.4, 0.5) is 5.95 Å². The first-order valence-electron chi connectivity index (χ1n) is 8.05. The molecule has 2 fully saturated rings. The van der Waals surface area contributed by atoms with Crippen LogP contribution in [0.1, 0.15) is 64.2 Å². The Morgan fingerprint density at radius 1 is 1.20 bits per heavy atom. The SMILES string of the molecule is CC1CCCC(N)(c2nc(N3CCCCCC3)no2)C1. The Hall–Kier alpha value is -1.10. The minimum atomic E-state index is -0.408. The van der Waals surface area contributed by atoms with Crippen molar-refractivity contribution in [1.29, 1.82) is 0 Å². The summed E-state index contributed by atoms with van der Waals surface area (Å²) in [6, 6.07) is 0. The maximum Gasteiger partial charge on any atom is 0.266 e. The molecule has 2 unspecified atom stereocenters. The molecule has 0 aromatic carbocycles. The van der Waals surface area contributed by atoms with Gasteiger partial charge in [-0.1, -0.05) is 32.6 Å². The first-order chi connectivity index (χ1) is 9.67. The zero-order valence-corrected chi connectivity index (χ0v) is 12.5. The largest absolute Gasteiger partial charge is 0.338 e. The lowest BCUT2D eigenvalue weighted by Gasteiger charge is -2.33. The molecule has 0 amide bonds. The van der Waals surface area contributed by atoms with Crippen molar-refractivity contribution >= 4 is 5.95 Å². The van der Waals surface area contributed by atoms with Gasteiger partial charge in [0.15, 0.2) is 0 Å². The number of hydrogen-bond donors (Lipinski definition) is 1. The average Bonchev–Trinajstić information content (AvgIpc) is 2.76. The molecule has 0 bridgehead atoms. The molecule has 0 spiro atoms. The van der Waals surface area contributed by atoms with Gasteiger partial charge < -0.3 is 15.2 Å². The lowest BCUT2D eigenvalue weighted by Crippen LogP contribution is -2.41. The molecule has 1 saturated carbocycles. The monoisotopic (exact) mass is 278 g/mol. The molecule has 1 aliphatic carbocycles. The van der Waals surface area contributed by atoms with Gasteiger partial charge in [0.1, 0.15) is 0 Å². The third kappa shape index (κ3) is 2.82. The topological polar surface area (TPSA) is 68.2 Å². The second-order valence-electron chi connectivity index (χ2n) is 6.66. The van der Waals surface area contributed by atoms with Crippen molar-refractivity contribution in [2.45, 2.75) is 63.8 Å². The number of anilines is 1. The summed E-state index contributed by atoms with van der Waals surface area (Å²) in [4.78, 5) is 6.87. The predicted octanol–water partition coefficient (Wildman–Crippen LogP) is 2.81. The third-order valence-corrected chi connectivity index (χ3v) is 4.76. The van der Waals surface area contributed by atoms with Crippen LogP contribution in [0.15, 0.2) is 4.52 Å². The molecule has 2 N–H and O–H groups in total. The summed E-state index contributed by atoms with van der Waals surface area (Å²) < 4.78 is 5.52. The van der Waals surface area contributed by atoms with Gasteiger partial charge in [0.25, 0.3) is 5.95 Å². The molecule has 5 heteroatoms. The standard InChI is InChI=1S/C15H26N4O/c1-12-7-6-8-15(16,11-12)13-17-14(18-20-13)19-9-4-2-3-5-10-19/h12H,2-11,16H2,1H3. The van der Waals surface area contributed by atoms with Crippen molar-refractivity contribution in [3.05, 3.63) is 5.89 Å². The van der Waals surface area contributed by atoms with E-state index in [1.54, 1.807) is 0 Å². The smallest absolute Gasteiger partial charge is 0.266 e. The Kier molecular flexibility index (Phi) is 3.96. The molecule has 1 aromatic rings. The highest BCUT2D eigenvalue weighted by molar-refractivity contribution is 5.28. The molecule has 112 valence electrons. The van der Waals surface area contributed by atoms with E-state index < -0.39 is 5.54 Å². The number of rotatable bonds is 2. The molecule has 3 rings (SSSR count). The van der Waals surface area contributed by atoms with Crippen LogP contribution in [-0.4, -0.2) is 23.2 Å². The normalized spacial score (nSPS) is 32.1. The molecule has 1 aromatic heterocycles. The molecule has 20 heavy (non-hydrogen) atoms. The number of nitrogens with zero attached hydrogens (tertiary/aromatic N) is 3. The summed E-state index contributed by atoms with van der Waals surface area (Å²) >= 11 is 0. The predicted molar refractivity (Wildman–Crippen MR) is 78.5 cm³/mol. The second kappa shape index (κ2) is 5.72. The van der Waals surface area contributed by atoms with E-state index in [4.69, 9.17) is 10.3 Å². The van der Waals surface area contributed by atoms with Gasteiger partial charge in [0.2, 0.25) is 5.89 Å². The summed E-state index contributed by atoms with van der Waals surface area (Å²) in [5.74, 6) is 2.02. The average molecular weight is 278 g/mol. The maximum absolute atomic E-state index is 6.53. The molecule has 1 saturated heterocycles. The molecular formula is C15H26N4O. The van der Waals surface area contributed by atoms with Crippen LogP contribution in [0.3, 0.4) is 0 Å². The maximum atomic E-state index is 6.53. The highest BCUT2D eigenvalue weighted by Crippen LogP contribution is 2.37. The van der Waals surface area contributed by atoms with Crippen LogP contribution in [0, 0.1) is 5.92 Å². The quantitative estimate of drug-likeness (QED) is 0.901. The van der Waals surface area contributed by atoms with E-state index in [1.807, 2.05) is 0 Å². The van der Waals surface area contributed by atoms with E-state index in [2.05, 4.69) is 22.0 Å². The Morgan fingerprint density at radius 2 is 1.95 bits per heavy atom. The van der Waals surface area contributed by atoms with Crippen molar-refractivity contribution in [2.24, 2.45) is 11.7 Å². The number of nitrogens with two attached hydrogens (primary N) is 1. The lowest BCUT2D eigenvalue weighted by atomic mass is 9.77. The van der Waals surface area contributed by atoms with Gasteiger partial charge in [-0.15, -0.1) is 0 Å². The zero-order valence-electron chi connectivity index (χ0n) is 12.5. The first kappa shape index (κ1) is 13.9. The number of aromatic nitrogens is 2. The Balaban J connectivity index is 1.75. The molecule has 2 aliphatic rings. The van der Waals surface area contributed by atoms with Crippen molar-refractivity contribution in [3.63, 3.8) is 0 Å². The fraction of sp³-hybridized carbons (Fsp3) is 0.867. The fourth-order valence-corrected chi connectivity index (χ4v) is 3.60. The van der Waals surface area contributed by atoms with Crippen LogP contribution in [-0.2, 0) is 5.54 Å². The molecular weight excluding hydrogens is 252 g/mol. The summed E-state index contributed by atoms with van der Waals surface area (Å²) in [7, 11) is 0. The van der Waals surface area contributed by atoms with Crippen molar-refractivity contribution in [1.82, 2.24) is 10.1 Å². The summed E-state index contributed by atoms with van der Waals surface area (Å²) in [6.07, 6.45) is 9.36. The van der Waals surface area contributed by atoms with E-state index >= 15 is 0 Å². The van der Waals surface area contributed by atoms with E-state index in [-0.39, 0.29) is 0 Å². The van der Waals surface area contributed by atoms with Crippen LogP contribution in [0.5, 0.6) is 0 Å². The van der Waals surface area contributed by atoms with Gasteiger partial charge in [-0.2, -0.15) is 4.98 Å². The van der Waals surface area contributed by atoms with Gasteiger partial charge in [0.05, 0.1) is 5.54 Å². The minimum Gasteiger partial charge on any atom is -0.338 e. The highest BCUT2D eigenvalue weighted by atomic mass is 16.5. The van der Waals surface area contributed by atoms with E-state index in [0.29, 0.717) is 11.8 Å². The van der Waals surface area contributed by atoms with Crippen molar-refractivity contribution in [2.75, 3.05) is 18.0 Å². The van der Waals surface area contributed by atoms with Crippen LogP contribution in [0.25, 0.3) is 0 Å². The Morgan fingerprint density at radius 3 is 2.65 bits per heavy atom. The van der Waals surface area contributed by atoms with Crippen LogP contribution < -0.4 is 10.6 Å². The lowest BCUT2D eigenvalue weighted by molar-refractivity contribution is 0.183. The third-order valence-electron chi connectivity index (χ3n) is 4.76. The van der Waals surface area contributed by atoms with Gasteiger partial charge in [-0.05, 0) is 36.8 Å². The summed E-state index contributed by atoms with van der Waals surface area (Å²) in [5, 5.41) is 4.19. The van der Waals surface area contributed by atoms with Crippen LogP contribution >= 0.6 is 0 Å². The molecule has 5 nitrogen and oxygen atoms in total. The van der Waals surface area contributed by atoms with Crippen molar-refractivity contribution in [3.8, 4) is 0 Å². The minimum absolute atomic E-state index is 0.408. The number of hydrogen-bond acceptors (Lipinski definition) is 5. The summed E-state index contributed by atoms with van der Waals surface area (Å²) in [5.41, 5.74) is 6.12. The van der Waals surface area contributed by atoms with Gasteiger partial charge in [-0.25, -0.2) is 0 Å². The van der Waals surface area contributed by atoms with E-state index in [1.165, 1.54) is 32.1 Å². The van der Waals surface area contributed by atoms with E-state index in [9.17, 15) is 0 Å².